The number of thiol groups is 1. The molecule has 0 aliphatic carbocycles. The molecule has 0 saturated heterocycles. The molecular formula is C23H36N8O6S. The van der Waals surface area contributed by atoms with Crippen molar-refractivity contribution in [1.29, 1.82) is 0 Å². The van der Waals surface area contributed by atoms with E-state index in [1.54, 1.807) is 30.3 Å². The van der Waals surface area contributed by atoms with Crippen LogP contribution in [0.2, 0.25) is 0 Å². The summed E-state index contributed by atoms with van der Waals surface area (Å²) < 4.78 is 0. The highest BCUT2D eigenvalue weighted by atomic mass is 32.1. The molecule has 0 spiro atoms. The van der Waals surface area contributed by atoms with E-state index in [-0.39, 0.29) is 50.4 Å². The summed E-state index contributed by atoms with van der Waals surface area (Å²) in [6.45, 7) is 0.168. The number of carbonyl (C=O) groups is 5. The Balaban J connectivity index is 3.10. The van der Waals surface area contributed by atoms with Gasteiger partial charge in [-0.2, -0.15) is 12.6 Å². The topological polar surface area (TPSA) is 258 Å². The Morgan fingerprint density at radius 2 is 1.45 bits per heavy atom. The van der Waals surface area contributed by atoms with Crippen LogP contribution >= 0.6 is 12.6 Å². The zero-order chi connectivity index (χ0) is 28.7. The minimum atomic E-state index is -1.28. The second-order valence-corrected chi connectivity index (χ2v) is 8.82. The molecule has 0 radical (unpaired) electrons. The second-order valence-electron chi connectivity index (χ2n) is 8.45. The fourth-order valence-electron chi connectivity index (χ4n) is 3.28. The maximum absolute atomic E-state index is 13.2. The lowest BCUT2D eigenvalue weighted by Gasteiger charge is -2.25. The number of rotatable bonds is 17. The molecule has 0 heterocycles. The molecule has 4 unspecified atom stereocenters. The maximum atomic E-state index is 13.2. The third kappa shape index (κ3) is 12.4. The Labute approximate surface area is 225 Å². The van der Waals surface area contributed by atoms with Gasteiger partial charge in [-0.1, -0.05) is 30.3 Å². The number of benzene rings is 1. The molecule has 4 atom stereocenters. The quantitative estimate of drug-likeness (QED) is 0.0422. The molecule has 0 fully saturated rings. The molecule has 1 rings (SSSR count). The maximum Gasteiger partial charge on any atom is 0.326 e. The molecule has 12 N–H and O–H groups in total. The van der Waals surface area contributed by atoms with Crippen LogP contribution in [0.25, 0.3) is 0 Å². The van der Waals surface area contributed by atoms with E-state index in [4.69, 9.17) is 22.9 Å². The molecular weight excluding hydrogens is 516 g/mol. The Kier molecular flexibility index (Phi) is 14.2. The van der Waals surface area contributed by atoms with Gasteiger partial charge < -0.3 is 44.0 Å². The minimum Gasteiger partial charge on any atom is -0.480 e. The summed E-state index contributed by atoms with van der Waals surface area (Å²) in [5, 5.41) is 17.0. The van der Waals surface area contributed by atoms with Crippen molar-refractivity contribution >= 4 is 48.2 Å². The summed E-state index contributed by atoms with van der Waals surface area (Å²) in [4.78, 5) is 65.4. The third-order valence-electron chi connectivity index (χ3n) is 5.32. The number of carboxylic acids is 1. The summed E-state index contributed by atoms with van der Waals surface area (Å²) in [5.41, 5.74) is 22.1. The van der Waals surface area contributed by atoms with Gasteiger partial charge in [0.25, 0.3) is 0 Å². The lowest BCUT2D eigenvalue weighted by molar-refractivity contribution is -0.142. The number of aliphatic carboxylic acids is 1. The van der Waals surface area contributed by atoms with E-state index in [0.717, 1.165) is 0 Å². The normalized spacial score (nSPS) is 13.7. The van der Waals surface area contributed by atoms with E-state index in [0.29, 0.717) is 5.56 Å². The molecule has 0 aliphatic heterocycles. The van der Waals surface area contributed by atoms with Gasteiger partial charge in [-0.3, -0.25) is 24.2 Å². The average Bonchev–Trinajstić information content (AvgIpc) is 2.87. The molecule has 38 heavy (non-hydrogen) atoms. The van der Waals surface area contributed by atoms with Crippen molar-refractivity contribution in [3.8, 4) is 0 Å². The first-order valence-corrected chi connectivity index (χ1v) is 12.5. The first-order chi connectivity index (χ1) is 17.9. The predicted octanol–water partition coefficient (Wildman–Crippen LogP) is -2.66. The number of nitrogens with zero attached hydrogens (tertiary/aromatic N) is 1. The first-order valence-electron chi connectivity index (χ1n) is 11.8. The van der Waals surface area contributed by atoms with Gasteiger partial charge in [0.2, 0.25) is 23.6 Å². The largest absolute Gasteiger partial charge is 0.480 e. The average molecular weight is 553 g/mol. The number of amides is 4. The third-order valence-corrected chi connectivity index (χ3v) is 5.71. The zero-order valence-electron chi connectivity index (χ0n) is 20.8. The number of nitrogens with one attached hydrogen (secondary N) is 3. The number of primary amides is 1. The number of carbonyl (C=O) groups excluding carboxylic acids is 4. The van der Waals surface area contributed by atoms with Crippen molar-refractivity contribution in [2.45, 2.75) is 56.3 Å². The van der Waals surface area contributed by atoms with Gasteiger partial charge in [-0.25, -0.2) is 4.79 Å². The SMILES string of the molecule is NC(=O)CCC(NC(=O)C(N)CS)C(=O)NC(Cc1ccccc1)C(=O)NC(CCCN=C(N)N)C(=O)O. The van der Waals surface area contributed by atoms with Crippen LogP contribution in [0.4, 0.5) is 0 Å². The number of nitrogens with two attached hydrogens (primary N) is 4. The monoisotopic (exact) mass is 552 g/mol. The van der Waals surface area contributed by atoms with E-state index in [1.165, 1.54) is 0 Å². The number of guanidine groups is 1. The summed E-state index contributed by atoms with van der Waals surface area (Å²) in [5.74, 6) is -4.32. The van der Waals surface area contributed by atoms with Gasteiger partial charge in [-0.15, -0.1) is 0 Å². The summed E-state index contributed by atoms with van der Waals surface area (Å²) in [7, 11) is 0. The highest BCUT2D eigenvalue weighted by Crippen LogP contribution is 2.07. The van der Waals surface area contributed by atoms with Crippen LogP contribution < -0.4 is 38.9 Å². The smallest absolute Gasteiger partial charge is 0.326 e. The number of hydrogen-bond acceptors (Lipinski definition) is 8. The molecule has 14 nitrogen and oxygen atoms in total. The van der Waals surface area contributed by atoms with E-state index in [9.17, 15) is 29.1 Å². The highest BCUT2D eigenvalue weighted by molar-refractivity contribution is 7.80. The Hall–Kier alpha value is -3.85. The summed E-state index contributed by atoms with van der Waals surface area (Å²) in [6, 6.07) is 3.98. The lowest BCUT2D eigenvalue weighted by atomic mass is 10.0. The van der Waals surface area contributed by atoms with Gasteiger partial charge in [0, 0.05) is 25.1 Å². The number of carboxylic acid groups (broad SMARTS) is 1. The van der Waals surface area contributed by atoms with Gasteiger partial charge in [0.15, 0.2) is 5.96 Å². The molecule has 1 aromatic rings. The van der Waals surface area contributed by atoms with Crippen molar-refractivity contribution in [2.24, 2.45) is 27.9 Å². The van der Waals surface area contributed by atoms with Crippen molar-refractivity contribution in [3.63, 3.8) is 0 Å². The summed E-state index contributed by atoms with van der Waals surface area (Å²) in [6.07, 6.45) is -0.0407. The predicted molar refractivity (Wildman–Crippen MR) is 144 cm³/mol. The summed E-state index contributed by atoms with van der Waals surface area (Å²) >= 11 is 3.96. The number of hydrogen-bond donors (Lipinski definition) is 9. The number of aliphatic imine (C=N–C) groups is 1. The molecule has 0 bridgehead atoms. The molecule has 1 aromatic carbocycles. The van der Waals surface area contributed by atoms with Gasteiger partial charge in [-0.05, 0) is 24.8 Å². The van der Waals surface area contributed by atoms with Crippen LogP contribution in [-0.4, -0.2) is 77.1 Å². The van der Waals surface area contributed by atoms with E-state index < -0.39 is 53.8 Å². The fraction of sp³-hybridized carbons (Fsp3) is 0.478. The van der Waals surface area contributed by atoms with Crippen LogP contribution in [0, 0.1) is 0 Å². The van der Waals surface area contributed by atoms with Crippen molar-refractivity contribution < 1.29 is 29.1 Å². The van der Waals surface area contributed by atoms with Crippen LogP contribution in [0.15, 0.2) is 35.3 Å². The standard InChI is InChI=1S/C23H36N8O6S/c24-14(12-38)19(33)29-15(8-9-18(25)32)20(34)31-17(11-13-5-2-1-3-6-13)21(35)30-16(22(36)37)7-4-10-28-23(26)27/h1-3,5-6,14-17,38H,4,7-12,24H2,(H2,25,32)(H,29,33)(H,30,35)(H,31,34)(H,36,37)(H4,26,27,28). The van der Waals surface area contributed by atoms with Crippen molar-refractivity contribution in [2.75, 3.05) is 12.3 Å². The van der Waals surface area contributed by atoms with E-state index in [2.05, 4.69) is 33.6 Å². The molecule has 210 valence electrons. The Bertz CT molecular complexity index is 989. The molecule has 15 heteroatoms. The molecule has 0 saturated carbocycles. The van der Waals surface area contributed by atoms with Crippen LogP contribution in [-0.2, 0) is 30.4 Å². The van der Waals surface area contributed by atoms with Crippen LogP contribution in [0.1, 0.15) is 31.2 Å². The Morgan fingerprint density at radius 3 is 2.00 bits per heavy atom. The fourth-order valence-corrected chi connectivity index (χ4v) is 3.45. The van der Waals surface area contributed by atoms with Gasteiger partial charge >= 0.3 is 5.97 Å². The zero-order valence-corrected chi connectivity index (χ0v) is 21.7. The molecule has 0 aromatic heterocycles. The molecule has 4 amide bonds. The Morgan fingerprint density at radius 1 is 0.868 bits per heavy atom. The van der Waals surface area contributed by atoms with E-state index >= 15 is 0 Å². The van der Waals surface area contributed by atoms with Crippen molar-refractivity contribution in [3.05, 3.63) is 35.9 Å². The second kappa shape index (κ2) is 16.8. The minimum absolute atomic E-state index is 0.00872. The van der Waals surface area contributed by atoms with Gasteiger partial charge in [0.05, 0.1) is 6.04 Å². The van der Waals surface area contributed by atoms with Crippen LogP contribution in [0.5, 0.6) is 0 Å². The van der Waals surface area contributed by atoms with Crippen molar-refractivity contribution in [1.82, 2.24) is 16.0 Å². The van der Waals surface area contributed by atoms with Gasteiger partial charge in [0.1, 0.15) is 18.1 Å². The van der Waals surface area contributed by atoms with E-state index in [1.807, 2.05) is 0 Å². The molecule has 0 aliphatic rings. The first kappa shape index (κ1) is 32.2. The lowest BCUT2D eigenvalue weighted by Crippen LogP contribution is -2.57. The highest BCUT2D eigenvalue weighted by Gasteiger charge is 2.30. The van der Waals surface area contributed by atoms with Crippen LogP contribution in [0.3, 0.4) is 0 Å².